The maximum Gasteiger partial charge on any atom is 0.00172 e. The number of nitrogens with one attached hydrogen (secondary N) is 1. The summed E-state index contributed by atoms with van der Waals surface area (Å²) < 4.78 is 0. The Balaban J connectivity index is 2.01. The number of hydrogen-bond acceptors (Lipinski definition) is 1. The molecular weight excluding hydrogens is 170 g/mol. The molecule has 1 unspecified atom stereocenters. The molecule has 76 valence electrons. The average molecular weight is 189 g/mol. The highest BCUT2D eigenvalue weighted by atomic mass is 14.8. The van der Waals surface area contributed by atoms with Crippen molar-refractivity contribution in [2.45, 2.75) is 25.2 Å². The van der Waals surface area contributed by atoms with Gasteiger partial charge in [0.25, 0.3) is 0 Å². The zero-order chi connectivity index (χ0) is 9.80. The first-order valence-electron chi connectivity index (χ1n) is 5.59. The summed E-state index contributed by atoms with van der Waals surface area (Å²) in [6, 6.07) is 10.9. The lowest BCUT2D eigenvalue weighted by atomic mass is 9.93. The van der Waals surface area contributed by atoms with E-state index in [0.717, 1.165) is 12.5 Å². The van der Waals surface area contributed by atoms with Crippen LogP contribution in [0.2, 0.25) is 0 Å². The van der Waals surface area contributed by atoms with Gasteiger partial charge in [-0.25, -0.2) is 0 Å². The highest BCUT2D eigenvalue weighted by Gasteiger charge is 2.25. The van der Waals surface area contributed by atoms with Crippen LogP contribution < -0.4 is 5.32 Å². The van der Waals surface area contributed by atoms with Crippen molar-refractivity contribution in [1.82, 2.24) is 5.32 Å². The second-order valence-corrected chi connectivity index (χ2v) is 4.34. The van der Waals surface area contributed by atoms with Gasteiger partial charge in [-0.15, -0.1) is 0 Å². The van der Waals surface area contributed by atoms with Gasteiger partial charge in [-0.1, -0.05) is 43.2 Å². The largest absolute Gasteiger partial charge is 0.319 e. The summed E-state index contributed by atoms with van der Waals surface area (Å²) in [7, 11) is 2.04. The van der Waals surface area contributed by atoms with E-state index in [9.17, 15) is 0 Å². The summed E-state index contributed by atoms with van der Waals surface area (Å²) in [5, 5.41) is 3.30. The Morgan fingerprint density at radius 2 is 2.00 bits per heavy atom. The zero-order valence-corrected chi connectivity index (χ0v) is 8.87. The van der Waals surface area contributed by atoms with Crippen LogP contribution in [0.1, 0.15) is 30.7 Å². The minimum atomic E-state index is 0.716. The Hall–Kier alpha value is -0.820. The minimum Gasteiger partial charge on any atom is -0.319 e. The second kappa shape index (κ2) is 4.61. The van der Waals surface area contributed by atoms with E-state index in [-0.39, 0.29) is 0 Å². The molecule has 1 heteroatoms. The number of likely N-dealkylation sites (N-methyl/N-ethyl adjacent to an activating group) is 1. The number of benzene rings is 1. The van der Waals surface area contributed by atoms with Crippen LogP contribution in [0.5, 0.6) is 0 Å². The lowest BCUT2D eigenvalue weighted by Crippen LogP contribution is -2.17. The fraction of sp³-hybridized carbons (Fsp3) is 0.538. The quantitative estimate of drug-likeness (QED) is 0.751. The van der Waals surface area contributed by atoms with E-state index in [1.807, 2.05) is 7.05 Å². The summed E-state index contributed by atoms with van der Waals surface area (Å²) in [5.41, 5.74) is 1.49. The predicted molar refractivity (Wildman–Crippen MR) is 60.5 cm³/mol. The summed E-state index contributed by atoms with van der Waals surface area (Å²) in [5.74, 6) is 1.72. The van der Waals surface area contributed by atoms with Gasteiger partial charge in [0, 0.05) is 6.54 Å². The molecule has 1 atom stereocenters. The lowest BCUT2D eigenvalue weighted by molar-refractivity contribution is 0.548. The Morgan fingerprint density at radius 1 is 1.29 bits per heavy atom. The Kier molecular flexibility index (Phi) is 3.20. The van der Waals surface area contributed by atoms with Gasteiger partial charge in [0.15, 0.2) is 0 Å². The molecule has 1 N–H and O–H groups in total. The molecule has 1 aliphatic rings. The van der Waals surface area contributed by atoms with Crippen molar-refractivity contribution in [1.29, 1.82) is 0 Å². The molecule has 1 nitrogen and oxygen atoms in total. The third-order valence-corrected chi connectivity index (χ3v) is 3.04. The average Bonchev–Trinajstić information content (AvgIpc) is 3.03. The van der Waals surface area contributed by atoms with E-state index in [1.54, 1.807) is 0 Å². The molecule has 0 spiro atoms. The fourth-order valence-corrected chi connectivity index (χ4v) is 2.06. The van der Waals surface area contributed by atoms with Crippen LogP contribution in [-0.4, -0.2) is 13.6 Å². The van der Waals surface area contributed by atoms with E-state index in [2.05, 4.69) is 35.6 Å². The van der Waals surface area contributed by atoms with Crippen molar-refractivity contribution >= 4 is 0 Å². The van der Waals surface area contributed by atoms with Gasteiger partial charge in [0.05, 0.1) is 0 Å². The van der Waals surface area contributed by atoms with Crippen molar-refractivity contribution in [2.24, 2.45) is 5.92 Å². The van der Waals surface area contributed by atoms with Gasteiger partial charge < -0.3 is 5.32 Å². The molecule has 14 heavy (non-hydrogen) atoms. The molecule has 1 aromatic rings. The highest BCUT2D eigenvalue weighted by molar-refractivity contribution is 5.20. The molecular formula is C13H19N. The molecule has 1 saturated carbocycles. The first kappa shape index (κ1) is 9.72. The van der Waals surface area contributed by atoms with Crippen molar-refractivity contribution in [3.8, 4) is 0 Å². The van der Waals surface area contributed by atoms with Crippen LogP contribution in [0, 0.1) is 5.92 Å². The smallest absolute Gasteiger partial charge is 0.00172 e. The topological polar surface area (TPSA) is 12.0 Å². The van der Waals surface area contributed by atoms with Crippen molar-refractivity contribution in [2.75, 3.05) is 13.6 Å². The Bertz CT molecular complexity index is 264. The van der Waals surface area contributed by atoms with E-state index in [0.29, 0.717) is 5.92 Å². The van der Waals surface area contributed by atoms with Crippen LogP contribution in [-0.2, 0) is 0 Å². The van der Waals surface area contributed by atoms with Gasteiger partial charge in [0.2, 0.25) is 0 Å². The summed E-state index contributed by atoms with van der Waals surface area (Å²) in [6.07, 6.45) is 4.27. The molecule has 0 saturated heterocycles. The molecule has 0 amide bonds. The van der Waals surface area contributed by atoms with Gasteiger partial charge in [-0.2, -0.15) is 0 Å². The summed E-state index contributed by atoms with van der Waals surface area (Å²) in [4.78, 5) is 0. The molecule has 0 bridgehead atoms. The number of rotatable bonds is 5. The maximum absolute atomic E-state index is 3.30. The molecule has 1 aliphatic carbocycles. The number of hydrogen-bond donors (Lipinski definition) is 1. The lowest BCUT2D eigenvalue weighted by Gasteiger charge is -2.16. The Morgan fingerprint density at radius 3 is 2.57 bits per heavy atom. The SMILES string of the molecule is CNCC(CC1CC1)c1ccccc1. The minimum absolute atomic E-state index is 0.716. The van der Waals surface area contributed by atoms with Crippen LogP contribution in [0.25, 0.3) is 0 Å². The van der Waals surface area contributed by atoms with Gasteiger partial charge in [-0.3, -0.25) is 0 Å². The van der Waals surface area contributed by atoms with Gasteiger partial charge >= 0.3 is 0 Å². The molecule has 2 rings (SSSR count). The van der Waals surface area contributed by atoms with E-state index in [1.165, 1.54) is 24.8 Å². The highest BCUT2D eigenvalue weighted by Crippen LogP contribution is 2.38. The van der Waals surface area contributed by atoms with Crippen molar-refractivity contribution < 1.29 is 0 Å². The van der Waals surface area contributed by atoms with E-state index >= 15 is 0 Å². The second-order valence-electron chi connectivity index (χ2n) is 4.34. The van der Waals surface area contributed by atoms with E-state index in [4.69, 9.17) is 0 Å². The predicted octanol–water partition coefficient (Wildman–Crippen LogP) is 2.79. The molecule has 0 radical (unpaired) electrons. The third kappa shape index (κ3) is 2.58. The van der Waals surface area contributed by atoms with Crippen LogP contribution in [0.4, 0.5) is 0 Å². The zero-order valence-electron chi connectivity index (χ0n) is 8.87. The molecule has 1 aromatic carbocycles. The maximum atomic E-state index is 3.30. The molecule has 1 fully saturated rings. The third-order valence-electron chi connectivity index (χ3n) is 3.04. The normalized spacial score (nSPS) is 18.1. The monoisotopic (exact) mass is 189 g/mol. The molecule has 0 heterocycles. The summed E-state index contributed by atoms with van der Waals surface area (Å²) in [6.45, 7) is 1.11. The van der Waals surface area contributed by atoms with Crippen molar-refractivity contribution in [3.63, 3.8) is 0 Å². The van der Waals surface area contributed by atoms with Crippen LogP contribution >= 0.6 is 0 Å². The van der Waals surface area contributed by atoms with Crippen molar-refractivity contribution in [3.05, 3.63) is 35.9 Å². The standard InChI is InChI=1S/C13H19N/c1-14-10-13(9-11-7-8-11)12-5-3-2-4-6-12/h2-6,11,13-14H,7-10H2,1H3. The molecule has 0 aromatic heterocycles. The van der Waals surface area contributed by atoms with Gasteiger partial charge in [-0.05, 0) is 30.9 Å². The van der Waals surface area contributed by atoms with Crippen LogP contribution in [0.15, 0.2) is 30.3 Å². The Labute approximate surface area is 86.5 Å². The van der Waals surface area contributed by atoms with Crippen LogP contribution in [0.3, 0.4) is 0 Å². The first-order chi connectivity index (χ1) is 6.90. The summed E-state index contributed by atoms with van der Waals surface area (Å²) >= 11 is 0. The fourth-order valence-electron chi connectivity index (χ4n) is 2.06. The van der Waals surface area contributed by atoms with E-state index < -0.39 is 0 Å². The first-order valence-corrected chi connectivity index (χ1v) is 5.59. The van der Waals surface area contributed by atoms with Gasteiger partial charge in [0.1, 0.15) is 0 Å². The molecule has 0 aliphatic heterocycles.